The van der Waals surface area contributed by atoms with Crippen molar-refractivity contribution in [2.75, 3.05) is 11.4 Å². The number of halogens is 1. The zero-order valence-corrected chi connectivity index (χ0v) is 15.8. The fourth-order valence-corrected chi connectivity index (χ4v) is 3.47. The van der Waals surface area contributed by atoms with Crippen LogP contribution < -0.4 is 10.2 Å². The largest absolute Gasteiger partial charge is 0.348 e. The monoisotopic (exact) mass is 389 g/mol. The zero-order chi connectivity index (χ0) is 20.2. The van der Waals surface area contributed by atoms with E-state index in [-0.39, 0.29) is 24.2 Å². The van der Waals surface area contributed by atoms with Gasteiger partial charge in [0.1, 0.15) is 5.82 Å². The van der Waals surface area contributed by atoms with Crippen molar-refractivity contribution in [1.29, 1.82) is 0 Å². The summed E-state index contributed by atoms with van der Waals surface area (Å²) in [4.78, 5) is 31.4. The number of pyridine rings is 1. The summed E-state index contributed by atoms with van der Waals surface area (Å²) in [5, 5.41) is 2.77. The first kappa shape index (κ1) is 18.8. The smallest absolute Gasteiger partial charge is 0.259 e. The van der Waals surface area contributed by atoms with Crippen molar-refractivity contribution in [3.8, 4) is 0 Å². The van der Waals surface area contributed by atoms with Gasteiger partial charge < -0.3 is 10.2 Å². The van der Waals surface area contributed by atoms with Crippen LogP contribution in [0.25, 0.3) is 0 Å². The standard InChI is InChI=1S/C23H20FN3O2/c24-20-9-7-16(8-10-20)13-26-22(28)18-12-19(15-25-14-18)23(29)27-11-3-5-17-4-1-2-6-21(17)27/h1-2,4,6-10,12,14-15H,3,5,11,13H2,(H,26,28). The van der Waals surface area contributed by atoms with Gasteiger partial charge in [-0.25, -0.2) is 4.39 Å². The second-order valence-corrected chi connectivity index (χ2v) is 6.96. The number of amides is 2. The molecular formula is C23H20FN3O2. The zero-order valence-electron chi connectivity index (χ0n) is 15.8. The van der Waals surface area contributed by atoms with Gasteiger partial charge in [-0.05, 0) is 48.2 Å². The quantitative estimate of drug-likeness (QED) is 0.739. The lowest BCUT2D eigenvalue weighted by Crippen LogP contribution is -2.35. The van der Waals surface area contributed by atoms with Gasteiger partial charge in [0.05, 0.1) is 11.1 Å². The van der Waals surface area contributed by atoms with Crippen molar-refractivity contribution in [3.05, 3.63) is 95.1 Å². The summed E-state index contributed by atoms with van der Waals surface area (Å²) in [7, 11) is 0. The Morgan fingerprint density at radius 3 is 2.62 bits per heavy atom. The van der Waals surface area contributed by atoms with E-state index in [1.807, 2.05) is 24.3 Å². The molecule has 0 saturated heterocycles. The maximum absolute atomic E-state index is 13.1. The molecule has 2 amide bonds. The van der Waals surface area contributed by atoms with E-state index in [1.165, 1.54) is 24.5 Å². The van der Waals surface area contributed by atoms with E-state index in [0.717, 1.165) is 29.7 Å². The average molecular weight is 389 g/mol. The summed E-state index contributed by atoms with van der Waals surface area (Å²) in [6.07, 6.45) is 4.76. The molecule has 0 aliphatic carbocycles. The number of carbonyl (C=O) groups excluding carboxylic acids is 2. The third-order valence-corrected chi connectivity index (χ3v) is 4.97. The highest BCUT2D eigenvalue weighted by molar-refractivity contribution is 6.08. The maximum atomic E-state index is 13.1. The Morgan fingerprint density at radius 1 is 1.03 bits per heavy atom. The van der Waals surface area contributed by atoms with E-state index in [2.05, 4.69) is 10.3 Å². The molecule has 0 saturated carbocycles. The predicted molar refractivity (Wildman–Crippen MR) is 108 cm³/mol. The highest BCUT2D eigenvalue weighted by Crippen LogP contribution is 2.28. The van der Waals surface area contributed by atoms with Gasteiger partial charge in [-0.3, -0.25) is 14.6 Å². The number of nitrogens with one attached hydrogen (secondary N) is 1. The molecule has 2 heterocycles. The molecule has 0 bridgehead atoms. The third kappa shape index (κ3) is 4.16. The van der Waals surface area contributed by atoms with Gasteiger partial charge in [0.2, 0.25) is 0 Å². The van der Waals surface area contributed by atoms with E-state index in [9.17, 15) is 14.0 Å². The number of aromatic nitrogens is 1. The highest BCUT2D eigenvalue weighted by atomic mass is 19.1. The summed E-state index contributed by atoms with van der Waals surface area (Å²) >= 11 is 0. The molecule has 4 rings (SSSR count). The average Bonchev–Trinajstić information content (AvgIpc) is 2.77. The van der Waals surface area contributed by atoms with Gasteiger partial charge >= 0.3 is 0 Å². The number of anilines is 1. The molecule has 0 radical (unpaired) electrons. The van der Waals surface area contributed by atoms with Crippen LogP contribution in [-0.2, 0) is 13.0 Å². The SMILES string of the molecule is O=C(NCc1ccc(F)cc1)c1cncc(C(=O)N2CCCc3ccccc32)c1. The van der Waals surface area contributed by atoms with Crippen molar-refractivity contribution in [2.45, 2.75) is 19.4 Å². The van der Waals surface area contributed by atoms with Crippen LogP contribution in [0.15, 0.2) is 67.0 Å². The molecule has 0 fully saturated rings. The van der Waals surface area contributed by atoms with Crippen LogP contribution in [0.4, 0.5) is 10.1 Å². The molecule has 0 atom stereocenters. The van der Waals surface area contributed by atoms with Gasteiger partial charge in [-0.2, -0.15) is 0 Å². The number of benzene rings is 2. The molecule has 1 N–H and O–H groups in total. The highest BCUT2D eigenvalue weighted by Gasteiger charge is 2.24. The van der Waals surface area contributed by atoms with Crippen molar-refractivity contribution >= 4 is 17.5 Å². The molecule has 3 aromatic rings. The summed E-state index contributed by atoms with van der Waals surface area (Å²) in [6, 6.07) is 15.3. The van der Waals surface area contributed by atoms with Crippen LogP contribution in [0, 0.1) is 5.82 Å². The Hall–Kier alpha value is -3.54. The van der Waals surface area contributed by atoms with E-state index in [1.54, 1.807) is 23.1 Å². The Labute approximate surface area is 168 Å². The van der Waals surface area contributed by atoms with E-state index in [0.29, 0.717) is 17.7 Å². The number of carbonyl (C=O) groups is 2. The van der Waals surface area contributed by atoms with Crippen LogP contribution in [0.1, 0.15) is 38.3 Å². The lowest BCUT2D eigenvalue weighted by Gasteiger charge is -2.29. The second kappa shape index (κ2) is 8.22. The van der Waals surface area contributed by atoms with Gasteiger partial charge in [-0.1, -0.05) is 30.3 Å². The van der Waals surface area contributed by atoms with Crippen molar-refractivity contribution in [1.82, 2.24) is 10.3 Å². The van der Waals surface area contributed by atoms with Crippen LogP contribution in [0.3, 0.4) is 0 Å². The lowest BCUT2D eigenvalue weighted by atomic mass is 10.0. The third-order valence-electron chi connectivity index (χ3n) is 4.97. The topological polar surface area (TPSA) is 62.3 Å². The number of nitrogens with zero attached hydrogens (tertiary/aromatic N) is 2. The van der Waals surface area contributed by atoms with Gasteiger partial charge in [0.15, 0.2) is 0 Å². The van der Waals surface area contributed by atoms with Crippen LogP contribution in [-0.4, -0.2) is 23.3 Å². The molecule has 1 aliphatic heterocycles. The van der Waals surface area contributed by atoms with Crippen molar-refractivity contribution < 1.29 is 14.0 Å². The van der Waals surface area contributed by atoms with E-state index in [4.69, 9.17) is 0 Å². The first-order valence-corrected chi connectivity index (χ1v) is 9.49. The lowest BCUT2D eigenvalue weighted by molar-refractivity contribution is 0.0950. The molecule has 1 aromatic heterocycles. The molecule has 29 heavy (non-hydrogen) atoms. The number of hydrogen-bond acceptors (Lipinski definition) is 3. The molecule has 1 aliphatic rings. The first-order chi connectivity index (χ1) is 14.1. The first-order valence-electron chi connectivity index (χ1n) is 9.49. The molecule has 5 nitrogen and oxygen atoms in total. The maximum Gasteiger partial charge on any atom is 0.259 e. The minimum absolute atomic E-state index is 0.169. The number of hydrogen-bond donors (Lipinski definition) is 1. The molecular weight excluding hydrogens is 369 g/mol. The number of fused-ring (bicyclic) bond motifs is 1. The molecule has 2 aromatic carbocycles. The van der Waals surface area contributed by atoms with Crippen LogP contribution in [0.5, 0.6) is 0 Å². The minimum atomic E-state index is -0.337. The molecule has 6 heteroatoms. The number of aryl methyl sites for hydroxylation is 1. The molecule has 0 spiro atoms. The van der Waals surface area contributed by atoms with Crippen molar-refractivity contribution in [3.63, 3.8) is 0 Å². The normalized spacial score (nSPS) is 12.9. The second-order valence-electron chi connectivity index (χ2n) is 6.96. The Kier molecular flexibility index (Phi) is 5.33. The Morgan fingerprint density at radius 2 is 1.79 bits per heavy atom. The van der Waals surface area contributed by atoms with Gasteiger partial charge in [0, 0.05) is 31.2 Å². The summed E-state index contributed by atoms with van der Waals surface area (Å²) in [6.45, 7) is 0.896. The summed E-state index contributed by atoms with van der Waals surface area (Å²) < 4.78 is 13.0. The fraction of sp³-hybridized carbons (Fsp3) is 0.174. The van der Waals surface area contributed by atoms with Crippen LogP contribution in [0.2, 0.25) is 0 Å². The van der Waals surface area contributed by atoms with Gasteiger partial charge in [-0.15, -0.1) is 0 Å². The van der Waals surface area contributed by atoms with Gasteiger partial charge in [0.25, 0.3) is 11.8 Å². The number of para-hydroxylation sites is 1. The number of rotatable bonds is 4. The van der Waals surface area contributed by atoms with E-state index < -0.39 is 0 Å². The molecule has 146 valence electrons. The van der Waals surface area contributed by atoms with Crippen molar-refractivity contribution in [2.24, 2.45) is 0 Å². The minimum Gasteiger partial charge on any atom is -0.348 e. The van der Waals surface area contributed by atoms with E-state index >= 15 is 0 Å². The fourth-order valence-electron chi connectivity index (χ4n) is 3.47. The Balaban J connectivity index is 1.49. The Bertz CT molecular complexity index is 1050. The summed E-state index contributed by atoms with van der Waals surface area (Å²) in [5.41, 5.74) is 3.52. The summed E-state index contributed by atoms with van der Waals surface area (Å²) in [5.74, 6) is -0.830. The predicted octanol–water partition coefficient (Wildman–Crippen LogP) is 3.74. The van der Waals surface area contributed by atoms with Crippen LogP contribution >= 0.6 is 0 Å². The molecule has 0 unspecified atom stereocenters.